The van der Waals surface area contributed by atoms with Crippen LogP contribution in [0.3, 0.4) is 0 Å². The number of pyridine rings is 1. The summed E-state index contributed by atoms with van der Waals surface area (Å²) in [7, 11) is 0. The van der Waals surface area contributed by atoms with Crippen molar-refractivity contribution in [3.63, 3.8) is 0 Å². The highest BCUT2D eigenvalue weighted by Gasteiger charge is 2.18. The first-order valence-corrected chi connectivity index (χ1v) is 7.49. The number of nitro benzene ring substituents is 1. The van der Waals surface area contributed by atoms with E-state index in [1.165, 1.54) is 22.7 Å². The predicted octanol–water partition coefficient (Wildman–Crippen LogP) is 2.82. The molecule has 2 heterocycles. The van der Waals surface area contributed by atoms with Crippen LogP contribution in [0.25, 0.3) is 5.65 Å². The number of hydrogen-bond donors (Lipinski definition) is 1. The number of anilines is 1. The molecular weight excluding hydrogens is 348 g/mol. The normalized spacial score (nSPS) is 10.6. The van der Waals surface area contributed by atoms with E-state index in [-0.39, 0.29) is 22.0 Å². The first-order valence-electron chi connectivity index (χ1n) is 7.12. The van der Waals surface area contributed by atoms with Gasteiger partial charge in [0.05, 0.1) is 10.6 Å². The van der Waals surface area contributed by atoms with E-state index in [9.17, 15) is 19.7 Å². The van der Waals surface area contributed by atoms with Crippen molar-refractivity contribution in [2.24, 2.45) is 0 Å². The van der Waals surface area contributed by atoms with Gasteiger partial charge in [0.1, 0.15) is 16.4 Å². The molecule has 9 heteroatoms. The monoisotopic (exact) mass is 358 g/mol. The maximum absolute atomic E-state index is 12.5. The van der Waals surface area contributed by atoms with Crippen molar-refractivity contribution in [1.82, 2.24) is 9.38 Å². The Morgan fingerprint density at radius 1 is 1.32 bits per heavy atom. The Balaban J connectivity index is 2.02. The quantitative estimate of drug-likeness (QED) is 0.572. The van der Waals surface area contributed by atoms with Crippen molar-refractivity contribution in [3.05, 3.63) is 79.3 Å². The van der Waals surface area contributed by atoms with Crippen LogP contribution in [0.4, 0.5) is 11.4 Å². The van der Waals surface area contributed by atoms with Gasteiger partial charge in [-0.15, -0.1) is 0 Å². The van der Waals surface area contributed by atoms with Crippen molar-refractivity contribution in [2.45, 2.75) is 6.92 Å². The molecule has 0 aliphatic heterocycles. The number of carbonyl (C=O) groups excluding carboxylic acids is 1. The third-order valence-electron chi connectivity index (χ3n) is 3.56. The van der Waals surface area contributed by atoms with E-state index in [1.54, 1.807) is 25.1 Å². The van der Waals surface area contributed by atoms with Crippen molar-refractivity contribution in [2.75, 3.05) is 5.32 Å². The van der Waals surface area contributed by atoms with Gasteiger partial charge in [-0.25, -0.2) is 4.98 Å². The van der Waals surface area contributed by atoms with Crippen molar-refractivity contribution in [1.29, 1.82) is 0 Å². The number of nitrogens with zero attached hydrogens (tertiary/aromatic N) is 3. The number of carbonyl (C=O) groups is 1. The van der Waals surface area contributed by atoms with Gasteiger partial charge in [-0.1, -0.05) is 17.7 Å². The van der Waals surface area contributed by atoms with Crippen LogP contribution in [0.15, 0.2) is 47.4 Å². The molecule has 1 N–H and O–H groups in total. The van der Waals surface area contributed by atoms with Gasteiger partial charge in [0.2, 0.25) is 0 Å². The number of aryl methyl sites for hydroxylation is 1. The Bertz CT molecular complexity index is 1080. The molecule has 0 atom stereocenters. The van der Waals surface area contributed by atoms with Gasteiger partial charge in [-0.2, -0.15) is 0 Å². The number of nitrogens with one attached hydrogen (secondary N) is 1. The summed E-state index contributed by atoms with van der Waals surface area (Å²) in [6.45, 7) is 1.59. The van der Waals surface area contributed by atoms with E-state index >= 15 is 0 Å². The van der Waals surface area contributed by atoms with Gasteiger partial charge >= 0.3 is 0 Å². The lowest BCUT2D eigenvalue weighted by molar-refractivity contribution is -0.384. The molecule has 8 nitrogen and oxygen atoms in total. The molecule has 1 aromatic carbocycles. The topological polar surface area (TPSA) is 107 Å². The average molecular weight is 359 g/mol. The lowest BCUT2D eigenvalue weighted by Gasteiger charge is -2.09. The van der Waals surface area contributed by atoms with Crippen molar-refractivity contribution < 1.29 is 9.72 Å². The summed E-state index contributed by atoms with van der Waals surface area (Å²) in [4.78, 5) is 39.4. The summed E-state index contributed by atoms with van der Waals surface area (Å²) in [5.74, 6) is -0.669. The Hall–Kier alpha value is -3.26. The Labute approximate surface area is 145 Å². The predicted molar refractivity (Wildman–Crippen MR) is 92.3 cm³/mol. The number of rotatable bonds is 3. The molecule has 0 fully saturated rings. The van der Waals surface area contributed by atoms with Crippen LogP contribution in [-0.4, -0.2) is 20.2 Å². The minimum absolute atomic E-state index is 0.00584. The zero-order valence-electron chi connectivity index (χ0n) is 12.9. The number of fused-ring (bicyclic) bond motifs is 1. The average Bonchev–Trinajstić information content (AvgIpc) is 2.58. The SMILES string of the molecule is Cc1nc2ccccn2c(=O)c1NC(=O)c1ccc(Cl)c([N+](=O)[O-])c1. The fourth-order valence-corrected chi connectivity index (χ4v) is 2.51. The second-order valence-electron chi connectivity index (χ2n) is 5.18. The molecule has 2 aromatic heterocycles. The second kappa shape index (κ2) is 6.33. The molecule has 1 amide bonds. The van der Waals surface area contributed by atoms with Crippen LogP contribution in [-0.2, 0) is 0 Å². The third-order valence-corrected chi connectivity index (χ3v) is 3.88. The lowest BCUT2D eigenvalue weighted by Crippen LogP contribution is -2.25. The molecule has 3 rings (SSSR count). The first kappa shape index (κ1) is 16.6. The van der Waals surface area contributed by atoms with Crippen LogP contribution in [0.2, 0.25) is 5.02 Å². The summed E-state index contributed by atoms with van der Waals surface area (Å²) in [5.41, 5.74) is -0.0307. The highest BCUT2D eigenvalue weighted by Crippen LogP contribution is 2.25. The maximum atomic E-state index is 12.5. The van der Waals surface area contributed by atoms with Gasteiger partial charge in [-0.05, 0) is 31.2 Å². The molecule has 0 bridgehead atoms. The van der Waals surface area contributed by atoms with Crippen LogP contribution in [0, 0.1) is 17.0 Å². The Morgan fingerprint density at radius 3 is 2.80 bits per heavy atom. The number of hydrogen-bond acceptors (Lipinski definition) is 5. The zero-order chi connectivity index (χ0) is 18.1. The minimum Gasteiger partial charge on any atom is -0.316 e. The lowest BCUT2D eigenvalue weighted by atomic mass is 10.2. The van der Waals surface area contributed by atoms with E-state index < -0.39 is 16.4 Å². The first-order chi connectivity index (χ1) is 11.9. The summed E-state index contributed by atoms with van der Waals surface area (Å²) in [6.07, 6.45) is 1.53. The highest BCUT2D eigenvalue weighted by atomic mass is 35.5. The standard InChI is InChI=1S/C16H11ClN4O4/c1-9-14(16(23)20-7-3-2-4-13(20)18-9)19-15(22)10-5-6-11(17)12(8-10)21(24)25/h2-8H,1H3,(H,19,22). The van der Waals surface area contributed by atoms with Crippen LogP contribution in [0.1, 0.15) is 16.1 Å². The van der Waals surface area contributed by atoms with E-state index in [2.05, 4.69) is 10.3 Å². The number of aromatic nitrogens is 2. The fraction of sp³-hybridized carbons (Fsp3) is 0.0625. The van der Waals surface area contributed by atoms with Crippen molar-refractivity contribution >= 4 is 34.5 Å². The van der Waals surface area contributed by atoms with E-state index in [4.69, 9.17) is 11.6 Å². The van der Waals surface area contributed by atoms with Crippen LogP contribution >= 0.6 is 11.6 Å². The minimum atomic E-state index is -0.684. The van der Waals surface area contributed by atoms with Crippen LogP contribution < -0.4 is 10.9 Å². The molecule has 0 saturated carbocycles. The fourth-order valence-electron chi connectivity index (χ4n) is 2.32. The number of halogens is 1. The molecule has 0 aliphatic carbocycles. The van der Waals surface area contributed by atoms with Crippen LogP contribution in [0.5, 0.6) is 0 Å². The van der Waals surface area contributed by atoms with Gasteiger partial charge in [-0.3, -0.25) is 24.1 Å². The number of amides is 1. The molecular formula is C16H11ClN4O4. The molecule has 0 saturated heterocycles. The molecule has 25 heavy (non-hydrogen) atoms. The van der Waals surface area contributed by atoms with E-state index in [1.807, 2.05) is 0 Å². The third kappa shape index (κ3) is 3.07. The zero-order valence-corrected chi connectivity index (χ0v) is 13.6. The van der Waals surface area contributed by atoms with E-state index in [0.717, 1.165) is 6.07 Å². The highest BCUT2D eigenvalue weighted by molar-refractivity contribution is 6.32. The van der Waals surface area contributed by atoms with Gasteiger partial charge in [0, 0.05) is 17.8 Å². The number of benzene rings is 1. The summed E-state index contributed by atoms with van der Waals surface area (Å²) in [6, 6.07) is 8.73. The molecule has 0 unspecified atom stereocenters. The molecule has 126 valence electrons. The smallest absolute Gasteiger partial charge is 0.288 e. The van der Waals surface area contributed by atoms with Gasteiger partial charge in [0.15, 0.2) is 0 Å². The summed E-state index contributed by atoms with van der Waals surface area (Å²) >= 11 is 5.74. The van der Waals surface area contributed by atoms with Gasteiger partial charge in [0.25, 0.3) is 17.2 Å². The molecule has 0 radical (unpaired) electrons. The Kier molecular flexibility index (Phi) is 4.20. The molecule has 0 spiro atoms. The molecule has 0 aliphatic rings. The largest absolute Gasteiger partial charge is 0.316 e. The van der Waals surface area contributed by atoms with Crippen molar-refractivity contribution in [3.8, 4) is 0 Å². The number of nitro groups is 1. The second-order valence-corrected chi connectivity index (χ2v) is 5.59. The Morgan fingerprint density at radius 2 is 2.08 bits per heavy atom. The summed E-state index contributed by atoms with van der Waals surface area (Å²) in [5, 5.41) is 13.3. The van der Waals surface area contributed by atoms with E-state index in [0.29, 0.717) is 11.3 Å². The molecule has 3 aromatic rings. The summed E-state index contributed by atoms with van der Waals surface area (Å²) < 4.78 is 1.30. The van der Waals surface area contributed by atoms with Gasteiger partial charge < -0.3 is 5.32 Å². The maximum Gasteiger partial charge on any atom is 0.288 e.